The molecule has 0 bridgehead atoms. The van der Waals surface area contributed by atoms with Gasteiger partial charge in [-0.05, 0) is 55.9 Å². The van der Waals surface area contributed by atoms with Crippen molar-refractivity contribution in [1.82, 2.24) is 9.88 Å². The number of aryl methyl sites for hydroxylation is 2. The lowest BCUT2D eigenvalue weighted by Crippen LogP contribution is -2.34. The number of nitrogens with zero attached hydrogens (tertiary/aromatic N) is 2. The van der Waals surface area contributed by atoms with E-state index in [0.717, 1.165) is 48.0 Å². The van der Waals surface area contributed by atoms with Crippen molar-refractivity contribution < 1.29 is 9.90 Å². The van der Waals surface area contributed by atoms with Gasteiger partial charge in [-0.2, -0.15) is 0 Å². The van der Waals surface area contributed by atoms with E-state index in [-0.39, 0.29) is 17.9 Å². The molecule has 1 saturated carbocycles. The average molecular weight is 338 g/mol. The fourth-order valence-corrected chi connectivity index (χ4v) is 4.80. The first-order valence-corrected chi connectivity index (χ1v) is 9.37. The summed E-state index contributed by atoms with van der Waals surface area (Å²) in [5.74, 6) is 0.535. The lowest BCUT2D eigenvalue weighted by Gasteiger charge is -2.26. The zero-order chi connectivity index (χ0) is 17.6. The maximum Gasteiger partial charge on any atom is 0.254 e. The van der Waals surface area contributed by atoms with E-state index in [1.807, 2.05) is 24.0 Å². The van der Waals surface area contributed by atoms with E-state index < -0.39 is 0 Å². The summed E-state index contributed by atoms with van der Waals surface area (Å²) in [4.78, 5) is 19.9. The van der Waals surface area contributed by atoms with Gasteiger partial charge in [0.05, 0.1) is 17.7 Å². The Hall–Kier alpha value is -1.94. The third-order valence-corrected chi connectivity index (χ3v) is 6.28. The van der Waals surface area contributed by atoms with E-state index in [1.54, 1.807) is 0 Å². The summed E-state index contributed by atoms with van der Waals surface area (Å²) in [6, 6.07) is 8.13. The van der Waals surface area contributed by atoms with Crippen LogP contribution in [0.4, 0.5) is 0 Å². The van der Waals surface area contributed by atoms with Crippen LogP contribution in [-0.2, 0) is 6.42 Å². The Morgan fingerprint density at radius 1 is 1.40 bits per heavy atom. The highest BCUT2D eigenvalue weighted by molar-refractivity contribution is 6.06. The first-order chi connectivity index (χ1) is 12.1. The molecule has 0 unspecified atom stereocenters. The number of carbonyl (C=O) groups excluding carboxylic acids is 1. The van der Waals surface area contributed by atoms with Crippen molar-refractivity contribution in [2.45, 2.75) is 39.5 Å². The van der Waals surface area contributed by atoms with Crippen LogP contribution in [0.15, 0.2) is 24.3 Å². The van der Waals surface area contributed by atoms with Crippen LogP contribution in [0, 0.1) is 18.3 Å². The van der Waals surface area contributed by atoms with E-state index in [0.29, 0.717) is 12.5 Å². The number of hydrogen-bond donors (Lipinski definition) is 1. The summed E-state index contributed by atoms with van der Waals surface area (Å²) in [7, 11) is 0. The van der Waals surface area contributed by atoms with Gasteiger partial charge in [-0.15, -0.1) is 0 Å². The Kier molecular flexibility index (Phi) is 4.03. The molecule has 4 rings (SSSR count). The van der Waals surface area contributed by atoms with Gasteiger partial charge < -0.3 is 10.0 Å². The molecule has 1 aromatic heterocycles. The van der Waals surface area contributed by atoms with Gasteiger partial charge in [0.1, 0.15) is 0 Å². The van der Waals surface area contributed by atoms with Crippen LogP contribution >= 0.6 is 0 Å². The minimum atomic E-state index is -0.0673. The molecule has 2 aliphatic rings. The third-order valence-electron chi connectivity index (χ3n) is 6.28. The molecule has 1 amide bonds. The molecule has 1 saturated heterocycles. The second-order valence-electron chi connectivity index (χ2n) is 7.81. The summed E-state index contributed by atoms with van der Waals surface area (Å²) < 4.78 is 0. The first-order valence-electron chi connectivity index (χ1n) is 9.37. The normalized spacial score (nSPS) is 25.6. The molecule has 25 heavy (non-hydrogen) atoms. The highest BCUT2D eigenvalue weighted by Crippen LogP contribution is 2.48. The molecule has 0 radical (unpaired) electrons. The van der Waals surface area contributed by atoms with Crippen LogP contribution in [0.1, 0.15) is 47.8 Å². The summed E-state index contributed by atoms with van der Waals surface area (Å²) in [5.41, 5.74) is 3.67. The van der Waals surface area contributed by atoms with Gasteiger partial charge in [0.2, 0.25) is 0 Å². The van der Waals surface area contributed by atoms with Gasteiger partial charge in [-0.25, -0.2) is 0 Å². The van der Waals surface area contributed by atoms with Crippen LogP contribution in [0.2, 0.25) is 0 Å². The zero-order valence-corrected chi connectivity index (χ0v) is 15.1. The third kappa shape index (κ3) is 2.63. The van der Waals surface area contributed by atoms with Crippen LogP contribution in [0.3, 0.4) is 0 Å². The Balaban J connectivity index is 1.73. The molecule has 132 valence electrons. The van der Waals surface area contributed by atoms with Crippen molar-refractivity contribution >= 4 is 16.8 Å². The lowest BCUT2D eigenvalue weighted by atomic mass is 9.82. The van der Waals surface area contributed by atoms with E-state index in [1.165, 1.54) is 12.0 Å². The molecule has 2 heterocycles. The monoisotopic (exact) mass is 338 g/mol. The number of aliphatic hydroxyl groups is 1. The second-order valence-corrected chi connectivity index (χ2v) is 7.81. The summed E-state index contributed by atoms with van der Waals surface area (Å²) >= 11 is 0. The number of likely N-dealkylation sites (tertiary alicyclic amines) is 1. The van der Waals surface area contributed by atoms with Crippen molar-refractivity contribution in [3.8, 4) is 0 Å². The minimum absolute atomic E-state index is 0.0673. The molecule has 1 aliphatic heterocycles. The standard InChI is InChI=1S/C21H26N2O2/c1-3-15-6-7-19-17(10-15)18(9-14(2)22-19)20(25)23-11-16-5-4-8-21(16,12-23)13-24/h6-7,9-10,16,24H,3-5,8,11-13H2,1-2H3/t16-,21+/m0/s1. The Morgan fingerprint density at radius 3 is 2.96 bits per heavy atom. The molecule has 4 nitrogen and oxygen atoms in total. The topological polar surface area (TPSA) is 53.4 Å². The smallest absolute Gasteiger partial charge is 0.254 e. The minimum Gasteiger partial charge on any atom is -0.396 e. The second kappa shape index (κ2) is 6.10. The molecule has 1 N–H and O–H groups in total. The molecule has 0 spiro atoms. The fraction of sp³-hybridized carbons (Fsp3) is 0.524. The van der Waals surface area contributed by atoms with E-state index >= 15 is 0 Å². The summed E-state index contributed by atoms with van der Waals surface area (Å²) in [6.07, 6.45) is 4.27. The van der Waals surface area contributed by atoms with Crippen LogP contribution in [0.25, 0.3) is 10.9 Å². The number of benzene rings is 1. The molecule has 2 atom stereocenters. The number of amides is 1. The van der Waals surface area contributed by atoms with Crippen molar-refractivity contribution in [2.24, 2.45) is 11.3 Å². The average Bonchev–Trinajstić information content (AvgIpc) is 3.17. The largest absolute Gasteiger partial charge is 0.396 e. The summed E-state index contributed by atoms with van der Waals surface area (Å²) in [5, 5.41) is 10.9. The van der Waals surface area contributed by atoms with E-state index in [2.05, 4.69) is 24.0 Å². The zero-order valence-electron chi connectivity index (χ0n) is 15.1. The molecule has 1 aromatic carbocycles. The quantitative estimate of drug-likeness (QED) is 0.934. The van der Waals surface area contributed by atoms with E-state index in [9.17, 15) is 9.90 Å². The maximum absolute atomic E-state index is 13.3. The Morgan fingerprint density at radius 2 is 2.24 bits per heavy atom. The predicted molar refractivity (Wildman–Crippen MR) is 98.6 cm³/mol. The molecule has 2 fully saturated rings. The molecule has 4 heteroatoms. The van der Waals surface area contributed by atoms with Gasteiger partial charge in [0, 0.05) is 29.6 Å². The van der Waals surface area contributed by atoms with Gasteiger partial charge >= 0.3 is 0 Å². The molecule has 2 aromatic rings. The van der Waals surface area contributed by atoms with Crippen LogP contribution in [-0.4, -0.2) is 40.6 Å². The SMILES string of the molecule is CCc1ccc2nc(C)cc(C(=O)N3C[C@@H]4CCC[C@]4(CO)C3)c2c1. The van der Waals surface area contributed by atoms with Crippen LogP contribution < -0.4 is 0 Å². The Bertz CT molecular complexity index is 832. The fourth-order valence-electron chi connectivity index (χ4n) is 4.80. The predicted octanol–water partition coefficient (Wildman–Crippen LogP) is 3.34. The maximum atomic E-state index is 13.3. The van der Waals surface area contributed by atoms with Gasteiger partial charge in [0.25, 0.3) is 5.91 Å². The molecular weight excluding hydrogens is 312 g/mol. The van der Waals surface area contributed by atoms with Crippen molar-refractivity contribution in [3.63, 3.8) is 0 Å². The Labute approximate surface area is 148 Å². The number of rotatable bonds is 3. The van der Waals surface area contributed by atoms with Crippen molar-refractivity contribution in [3.05, 3.63) is 41.1 Å². The number of aliphatic hydroxyl groups excluding tert-OH is 1. The van der Waals surface area contributed by atoms with Crippen LogP contribution in [0.5, 0.6) is 0 Å². The number of aromatic nitrogens is 1. The number of carbonyl (C=O) groups is 1. The first kappa shape index (κ1) is 16.5. The number of fused-ring (bicyclic) bond motifs is 2. The van der Waals surface area contributed by atoms with Gasteiger partial charge in [-0.3, -0.25) is 9.78 Å². The highest BCUT2D eigenvalue weighted by Gasteiger charge is 2.50. The summed E-state index contributed by atoms with van der Waals surface area (Å²) in [6.45, 7) is 5.71. The van der Waals surface area contributed by atoms with Gasteiger partial charge in [0.15, 0.2) is 0 Å². The molecular formula is C21H26N2O2. The number of pyridine rings is 1. The molecule has 1 aliphatic carbocycles. The van der Waals surface area contributed by atoms with E-state index in [4.69, 9.17) is 0 Å². The van der Waals surface area contributed by atoms with Gasteiger partial charge in [-0.1, -0.05) is 19.4 Å². The lowest BCUT2D eigenvalue weighted by molar-refractivity contribution is 0.0736. The highest BCUT2D eigenvalue weighted by atomic mass is 16.3. The number of hydrogen-bond acceptors (Lipinski definition) is 3. The van der Waals surface area contributed by atoms with Crippen molar-refractivity contribution in [1.29, 1.82) is 0 Å². The van der Waals surface area contributed by atoms with Crippen molar-refractivity contribution in [2.75, 3.05) is 19.7 Å².